The number of nitrogens with one attached hydrogen (secondary N) is 2. The largest absolute Gasteiger partial charge is 0.379 e. The number of rotatable bonds is 7. The van der Waals surface area contributed by atoms with Crippen molar-refractivity contribution in [3.05, 3.63) is 0 Å². The van der Waals surface area contributed by atoms with E-state index in [9.17, 15) is 4.79 Å². The molecule has 1 heterocycles. The molecule has 100 valence electrons. The number of unbranched alkanes of at least 4 members (excludes halogenated alkanes) is 1. The first-order valence-electron chi connectivity index (χ1n) is 6.69. The molecule has 1 aliphatic heterocycles. The van der Waals surface area contributed by atoms with Crippen LogP contribution < -0.4 is 10.6 Å². The van der Waals surface area contributed by atoms with Gasteiger partial charge in [0.2, 0.25) is 5.91 Å². The molecule has 1 unspecified atom stereocenters. The van der Waals surface area contributed by atoms with Crippen LogP contribution in [0.3, 0.4) is 0 Å². The summed E-state index contributed by atoms with van der Waals surface area (Å²) in [5, 5.41) is 6.26. The molecule has 1 rings (SSSR count). The molecule has 4 nitrogen and oxygen atoms in total. The van der Waals surface area contributed by atoms with E-state index in [0.717, 1.165) is 45.4 Å². The lowest BCUT2D eigenvalue weighted by molar-refractivity contribution is -0.126. The van der Waals surface area contributed by atoms with Gasteiger partial charge in [0.15, 0.2) is 0 Å². The first-order chi connectivity index (χ1) is 8.04. The van der Waals surface area contributed by atoms with Crippen molar-refractivity contribution in [2.45, 2.75) is 58.1 Å². The van der Waals surface area contributed by atoms with Gasteiger partial charge in [0.25, 0.3) is 0 Å². The van der Waals surface area contributed by atoms with E-state index in [-0.39, 0.29) is 11.4 Å². The van der Waals surface area contributed by atoms with Gasteiger partial charge in [-0.05, 0) is 53.0 Å². The molecule has 1 fully saturated rings. The van der Waals surface area contributed by atoms with E-state index in [1.807, 2.05) is 20.8 Å². The van der Waals surface area contributed by atoms with Crippen LogP contribution in [0.5, 0.6) is 0 Å². The predicted molar refractivity (Wildman–Crippen MR) is 69.0 cm³/mol. The molecule has 2 N–H and O–H groups in total. The Bertz CT molecular complexity index is 236. The Hall–Kier alpha value is -0.610. The fourth-order valence-corrected chi connectivity index (χ4v) is 2.03. The van der Waals surface area contributed by atoms with Crippen LogP contribution in [0.25, 0.3) is 0 Å². The van der Waals surface area contributed by atoms with Crippen molar-refractivity contribution < 1.29 is 9.53 Å². The van der Waals surface area contributed by atoms with E-state index in [4.69, 9.17) is 4.74 Å². The Morgan fingerprint density at radius 1 is 1.47 bits per heavy atom. The SMILES string of the molecule is CC(C)OCCCCNC(=O)C1(C)CCCN1. The Morgan fingerprint density at radius 2 is 2.24 bits per heavy atom. The van der Waals surface area contributed by atoms with Gasteiger partial charge in [-0.15, -0.1) is 0 Å². The molecule has 0 spiro atoms. The number of carbonyl (C=O) groups excluding carboxylic acids is 1. The zero-order chi connectivity index (χ0) is 12.7. The predicted octanol–water partition coefficient (Wildman–Crippen LogP) is 1.45. The minimum Gasteiger partial charge on any atom is -0.379 e. The fraction of sp³-hybridized carbons (Fsp3) is 0.923. The minimum absolute atomic E-state index is 0.139. The van der Waals surface area contributed by atoms with Crippen LogP contribution >= 0.6 is 0 Å². The third-order valence-corrected chi connectivity index (χ3v) is 3.18. The van der Waals surface area contributed by atoms with Crippen LogP contribution in [-0.4, -0.2) is 37.2 Å². The van der Waals surface area contributed by atoms with Crippen molar-refractivity contribution in [2.75, 3.05) is 19.7 Å². The molecule has 0 radical (unpaired) electrons. The number of amides is 1. The standard InChI is InChI=1S/C13H26N2O2/c1-11(2)17-10-5-4-8-14-12(16)13(3)7-6-9-15-13/h11,15H,4-10H2,1-3H3,(H,14,16). The summed E-state index contributed by atoms with van der Waals surface area (Å²) in [6.07, 6.45) is 4.31. The van der Waals surface area contributed by atoms with Crippen LogP contribution in [0.1, 0.15) is 46.5 Å². The highest BCUT2D eigenvalue weighted by atomic mass is 16.5. The summed E-state index contributed by atoms with van der Waals surface area (Å²) in [6, 6.07) is 0. The van der Waals surface area contributed by atoms with Crippen LogP contribution in [0.2, 0.25) is 0 Å². The van der Waals surface area contributed by atoms with Crippen molar-refractivity contribution in [2.24, 2.45) is 0 Å². The molecule has 1 aliphatic rings. The second-order valence-corrected chi connectivity index (χ2v) is 5.24. The zero-order valence-electron chi connectivity index (χ0n) is 11.3. The number of hydrogen-bond acceptors (Lipinski definition) is 3. The van der Waals surface area contributed by atoms with E-state index < -0.39 is 0 Å². The lowest BCUT2D eigenvalue weighted by atomic mass is 9.99. The lowest BCUT2D eigenvalue weighted by Gasteiger charge is -2.23. The normalized spacial score (nSPS) is 24.2. The molecular formula is C13H26N2O2. The van der Waals surface area contributed by atoms with Gasteiger partial charge in [0, 0.05) is 13.2 Å². The highest BCUT2D eigenvalue weighted by Crippen LogP contribution is 2.18. The topological polar surface area (TPSA) is 50.4 Å². The van der Waals surface area contributed by atoms with Crippen molar-refractivity contribution in [1.29, 1.82) is 0 Å². The smallest absolute Gasteiger partial charge is 0.240 e. The van der Waals surface area contributed by atoms with Crippen LogP contribution in [0.4, 0.5) is 0 Å². The van der Waals surface area contributed by atoms with Gasteiger partial charge >= 0.3 is 0 Å². The van der Waals surface area contributed by atoms with E-state index in [2.05, 4.69) is 10.6 Å². The summed E-state index contributed by atoms with van der Waals surface area (Å²) in [4.78, 5) is 11.9. The molecule has 0 aromatic heterocycles. The van der Waals surface area contributed by atoms with E-state index in [1.165, 1.54) is 0 Å². The lowest BCUT2D eigenvalue weighted by Crippen LogP contribution is -2.51. The van der Waals surface area contributed by atoms with Gasteiger partial charge in [0.05, 0.1) is 11.6 Å². The highest BCUT2D eigenvalue weighted by molar-refractivity contribution is 5.86. The molecule has 17 heavy (non-hydrogen) atoms. The van der Waals surface area contributed by atoms with Crippen molar-refractivity contribution in [3.63, 3.8) is 0 Å². The van der Waals surface area contributed by atoms with Gasteiger partial charge in [-0.25, -0.2) is 0 Å². The average molecular weight is 242 g/mol. The molecular weight excluding hydrogens is 216 g/mol. The second kappa shape index (κ2) is 6.97. The van der Waals surface area contributed by atoms with Crippen molar-refractivity contribution in [1.82, 2.24) is 10.6 Å². The van der Waals surface area contributed by atoms with Crippen LogP contribution in [-0.2, 0) is 9.53 Å². The Morgan fingerprint density at radius 3 is 2.82 bits per heavy atom. The second-order valence-electron chi connectivity index (χ2n) is 5.24. The van der Waals surface area contributed by atoms with E-state index in [1.54, 1.807) is 0 Å². The molecule has 1 atom stereocenters. The Labute approximate surface area is 104 Å². The van der Waals surface area contributed by atoms with E-state index in [0.29, 0.717) is 6.10 Å². The zero-order valence-corrected chi connectivity index (χ0v) is 11.3. The summed E-state index contributed by atoms with van der Waals surface area (Å²) in [6.45, 7) is 8.53. The highest BCUT2D eigenvalue weighted by Gasteiger charge is 2.35. The quantitative estimate of drug-likeness (QED) is 0.664. The molecule has 1 amide bonds. The van der Waals surface area contributed by atoms with Gasteiger partial charge in [-0.2, -0.15) is 0 Å². The Balaban J connectivity index is 2.04. The van der Waals surface area contributed by atoms with Crippen LogP contribution in [0.15, 0.2) is 0 Å². The fourth-order valence-electron chi connectivity index (χ4n) is 2.03. The molecule has 0 aromatic rings. The molecule has 1 saturated heterocycles. The third-order valence-electron chi connectivity index (χ3n) is 3.18. The first-order valence-corrected chi connectivity index (χ1v) is 6.69. The van der Waals surface area contributed by atoms with Crippen molar-refractivity contribution in [3.8, 4) is 0 Å². The van der Waals surface area contributed by atoms with E-state index >= 15 is 0 Å². The summed E-state index contributed by atoms with van der Waals surface area (Å²) < 4.78 is 5.44. The van der Waals surface area contributed by atoms with Gasteiger partial charge < -0.3 is 15.4 Å². The Kier molecular flexibility index (Phi) is 5.92. The number of ether oxygens (including phenoxy) is 1. The van der Waals surface area contributed by atoms with Crippen LogP contribution in [0, 0.1) is 0 Å². The summed E-state index contributed by atoms with van der Waals surface area (Å²) in [5.41, 5.74) is -0.339. The number of carbonyl (C=O) groups is 1. The number of hydrogen-bond donors (Lipinski definition) is 2. The average Bonchev–Trinajstić information content (AvgIpc) is 2.71. The summed E-state index contributed by atoms with van der Waals surface area (Å²) >= 11 is 0. The maximum absolute atomic E-state index is 11.9. The third kappa shape index (κ3) is 5.04. The molecule has 0 aliphatic carbocycles. The maximum atomic E-state index is 11.9. The summed E-state index contributed by atoms with van der Waals surface area (Å²) in [7, 11) is 0. The molecule has 0 bridgehead atoms. The maximum Gasteiger partial charge on any atom is 0.240 e. The summed E-state index contributed by atoms with van der Waals surface area (Å²) in [5.74, 6) is 0.139. The monoisotopic (exact) mass is 242 g/mol. The first kappa shape index (κ1) is 14.5. The van der Waals surface area contributed by atoms with Gasteiger partial charge in [-0.1, -0.05) is 0 Å². The van der Waals surface area contributed by atoms with Gasteiger partial charge in [-0.3, -0.25) is 4.79 Å². The molecule has 0 aromatic carbocycles. The minimum atomic E-state index is -0.339. The van der Waals surface area contributed by atoms with Gasteiger partial charge in [0.1, 0.15) is 0 Å². The molecule has 4 heteroatoms. The van der Waals surface area contributed by atoms with Crippen molar-refractivity contribution >= 4 is 5.91 Å². The molecule has 0 saturated carbocycles.